The van der Waals surface area contributed by atoms with Gasteiger partial charge in [0, 0.05) is 17.8 Å². The molecule has 10 heteroatoms. The number of anilines is 1. The SMILES string of the molecule is Cc1cc(Oc2cc(C(F)(F)F)nc(NN)n2)n[nH]1. The molecule has 2 heterocycles. The van der Waals surface area contributed by atoms with Gasteiger partial charge >= 0.3 is 6.18 Å². The van der Waals surface area contributed by atoms with Crippen LogP contribution in [0.1, 0.15) is 11.4 Å². The van der Waals surface area contributed by atoms with Crippen LogP contribution in [-0.4, -0.2) is 20.2 Å². The highest BCUT2D eigenvalue weighted by atomic mass is 19.4. The van der Waals surface area contributed by atoms with Crippen molar-refractivity contribution in [3.8, 4) is 11.8 Å². The van der Waals surface area contributed by atoms with Crippen molar-refractivity contribution in [2.75, 3.05) is 5.43 Å². The maximum Gasteiger partial charge on any atom is 0.433 e. The number of nitrogen functional groups attached to an aromatic ring is 1. The molecule has 0 fully saturated rings. The zero-order valence-corrected chi connectivity index (χ0v) is 9.62. The number of nitrogens with one attached hydrogen (secondary N) is 2. The first-order valence-electron chi connectivity index (χ1n) is 5.01. The van der Waals surface area contributed by atoms with Crippen molar-refractivity contribution in [1.29, 1.82) is 0 Å². The third-order valence-electron chi connectivity index (χ3n) is 2.01. The van der Waals surface area contributed by atoms with E-state index >= 15 is 0 Å². The fraction of sp³-hybridized carbons (Fsp3) is 0.222. The van der Waals surface area contributed by atoms with Crippen molar-refractivity contribution in [2.24, 2.45) is 5.84 Å². The Bertz CT molecular complexity index is 582. The van der Waals surface area contributed by atoms with E-state index < -0.39 is 17.8 Å². The van der Waals surface area contributed by atoms with E-state index in [-0.39, 0.29) is 11.8 Å². The zero-order chi connectivity index (χ0) is 14.0. The highest BCUT2D eigenvalue weighted by Crippen LogP contribution is 2.31. The van der Waals surface area contributed by atoms with Gasteiger partial charge in [-0.1, -0.05) is 0 Å². The van der Waals surface area contributed by atoms with Gasteiger partial charge in [-0.15, -0.1) is 5.10 Å². The minimum Gasteiger partial charge on any atom is -0.419 e. The van der Waals surface area contributed by atoms with Crippen molar-refractivity contribution >= 4 is 5.95 Å². The fourth-order valence-corrected chi connectivity index (χ4v) is 1.24. The lowest BCUT2D eigenvalue weighted by atomic mass is 10.4. The number of alkyl halides is 3. The molecule has 0 aliphatic carbocycles. The Balaban J connectivity index is 2.34. The molecule has 2 rings (SSSR count). The van der Waals surface area contributed by atoms with Crippen LogP contribution in [0.25, 0.3) is 0 Å². The van der Waals surface area contributed by atoms with Gasteiger partial charge in [0.05, 0.1) is 0 Å². The van der Waals surface area contributed by atoms with Gasteiger partial charge < -0.3 is 4.74 Å². The molecule has 2 aromatic heterocycles. The van der Waals surface area contributed by atoms with E-state index in [9.17, 15) is 13.2 Å². The van der Waals surface area contributed by atoms with Crippen LogP contribution in [0.4, 0.5) is 19.1 Å². The topological polar surface area (TPSA) is 102 Å². The Morgan fingerprint density at radius 2 is 2.00 bits per heavy atom. The molecular weight excluding hydrogens is 265 g/mol. The van der Waals surface area contributed by atoms with E-state index in [1.165, 1.54) is 6.07 Å². The average Bonchev–Trinajstić information content (AvgIpc) is 2.73. The second-order valence-corrected chi connectivity index (χ2v) is 3.55. The monoisotopic (exact) mass is 274 g/mol. The van der Waals surface area contributed by atoms with Crippen molar-refractivity contribution in [3.63, 3.8) is 0 Å². The van der Waals surface area contributed by atoms with Gasteiger partial charge in [0.25, 0.3) is 0 Å². The second kappa shape index (κ2) is 4.72. The van der Waals surface area contributed by atoms with Crippen LogP contribution in [0.3, 0.4) is 0 Å². The molecular formula is C9H9F3N6O. The highest BCUT2D eigenvalue weighted by molar-refractivity contribution is 5.32. The van der Waals surface area contributed by atoms with Gasteiger partial charge in [-0.3, -0.25) is 10.5 Å². The smallest absolute Gasteiger partial charge is 0.419 e. The number of aromatic nitrogens is 4. The number of hydrogen-bond acceptors (Lipinski definition) is 6. The van der Waals surface area contributed by atoms with Gasteiger partial charge in [-0.2, -0.15) is 18.2 Å². The van der Waals surface area contributed by atoms with Gasteiger partial charge in [0.2, 0.25) is 17.7 Å². The number of halogens is 3. The van der Waals surface area contributed by atoms with E-state index in [0.29, 0.717) is 11.8 Å². The first kappa shape index (κ1) is 13.1. The third-order valence-corrected chi connectivity index (χ3v) is 2.01. The number of ether oxygens (including phenoxy) is 1. The number of rotatable bonds is 3. The predicted molar refractivity (Wildman–Crippen MR) is 58.2 cm³/mol. The molecule has 0 aliphatic rings. The summed E-state index contributed by atoms with van der Waals surface area (Å²) in [6.45, 7) is 1.72. The van der Waals surface area contributed by atoms with Crippen molar-refractivity contribution in [1.82, 2.24) is 20.2 Å². The van der Waals surface area contributed by atoms with E-state index in [1.54, 1.807) is 6.92 Å². The molecule has 0 unspecified atom stereocenters. The highest BCUT2D eigenvalue weighted by Gasteiger charge is 2.34. The Hall–Kier alpha value is -2.36. The summed E-state index contributed by atoms with van der Waals surface area (Å²) in [5, 5.41) is 6.30. The molecule has 0 saturated heterocycles. The molecule has 2 aromatic rings. The summed E-state index contributed by atoms with van der Waals surface area (Å²) >= 11 is 0. The van der Waals surface area contributed by atoms with Crippen LogP contribution in [0.5, 0.6) is 11.8 Å². The van der Waals surface area contributed by atoms with E-state index in [2.05, 4.69) is 20.2 Å². The van der Waals surface area contributed by atoms with Crippen LogP contribution in [0.2, 0.25) is 0 Å². The quantitative estimate of drug-likeness (QED) is 0.580. The van der Waals surface area contributed by atoms with Crippen LogP contribution in [-0.2, 0) is 6.18 Å². The van der Waals surface area contributed by atoms with Gasteiger partial charge in [-0.25, -0.2) is 10.8 Å². The Morgan fingerprint density at radius 3 is 2.53 bits per heavy atom. The number of aromatic amines is 1. The van der Waals surface area contributed by atoms with Gasteiger partial charge in [-0.05, 0) is 6.92 Å². The summed E-state index contributed by atoms with van der Waals surface area (Å²) in [7, 11) is 0. The summed E-state index contributed by atoms with van der Waals surface area (Å²) in [5.41, 5.74) is 1.46. The number of hydrazine groups is 1. The molecule has 102 valence electrons. The molecule has 0 amide bonds. The minimum atomic E-state index is -4.63. The Kier molecular flexibility index (Phi) is 3.25. The average molecular weight is 274 g/mol. The van der Waals surface area contributed by atoms with E-state index in [4.69, 9.17) is 10.6 Å². The minimum absolute atomic E-state index is 0.0901. The molecule has 0 radical (unpaired) electrons. The summed E-state index contributed by atoms with van der Waals surface area (Å²) in [5.74, 6) is 4.38. The first-order chi connectivity index (χ1) is 8.88. The molecule has 19 heavy (non-hydrogen) atoms. The van der Waals surface area contributed by atoms with E-state index in [1.807, 2.05) is 5.43 Å². The Morgan fingerprint density at radius 1 is 1.26 bits per heavy atom. The lowest BCUT2D eigenvalue weighted by molar-refractivity contribution is -0.141. The number of nitrogens with zero attached hydrogens (tertiary/aromatic N) is 3. The lowest BCUT2D eigenvalue weighted by Gasteiger charge is -2.09. The maximum absolute atomic E-state index is 12.6. The zero-order valence-electron chi connectivity index (χ0n) is 9.62. The molecule has 0 bridgehead atoms. The van der Waals surface area contributed by atoms with Crippen LogP contribution >= 0.6 is 0 Å². The number of H-pyrrole nitrogens is 1. The normalized spacial score (nSPS) is 11.4. The van der Waals surface area contributed by atoms with Gasteiger partial charge in [0.15, 0.2) is 5.69 Å². The van der Waals surface area contributed by atoms with Crippen LogP contribution in [0.15, 0.2) is 12.1 Å². The standard InChI is InChI=1S/C9H9F3N6O/c1-4-2-7(18-17-4)19-6-3-5(9(10,11)12)14-8(15-6)16-13/h2-3H,13H2,1H3,(H,17,18)(H,14,15,16). The largest absolute Gasteiger partial charge is 0.433 e. The van der Waals surface area contributed by atoms with Crippen LogP contribution < -0.4 is 16.0 Å². The molecule has 4 N–H and O–H groups in total. The molecule has 0 aliphatic heterocycles. The number of nitrogens with two attached hydrogens (primary N) is 1. The van der Waals surface area contributed by atoms with Gasteiger partial charge in [0.1, 0.15) is 0 Å². The molecule has 0 aromatic carbocycles. The molecule has 0 spiro atoms. The van der Waals surface area contributed by atoms with Crippen molar-refractivity contribution < 1.29 is 17.9 Å². The molecule has 0 saturated carbocycles. The van der Waals surface area contributed by atoms with Crippen LogP contribution in [0, 0.1) is 6.92 Å². The second-order valence-electron chi connectivity index (χ2n) is 3.55. The summed E-state index contributed by atoms with van der Waals surface area (Å²) in [6.07, 6.45) is -4.63. The first-order valence-corrected chi connectivity index (χ1v) is 5.01. The Labute approximate surface area is 105 Å². The van der Waals surface area contributed by atoms with Crippen molar-refractivity contribution in [3.05, 3.63) is 23.5 Å². The summed E-state index contributed by atoms with van der Waals surface area (Å²) in [6, 6.07) is 2.16. The predicted octanol–water partition coefficient (Wildman–Crippen LogP) is 1.60. The maximum atomic E-state index is 12.6. The van der Waals surface area contributed by atoms with E-state index in [0.717, 1.165) is 0 Å². The molecule has 7 nitrogen and oxygen atoms in total. The number of aryl methyl sites for hydroxylation is 1. The summed E-state index contributed by atoms with van der Waals surface area (Å²) < 4.78 is 42.9. The fourth-order valence-electron chi connectivity index (χ4n) is 1.24. The van der Waals surface area contributed by atoms with Crippen molar-refractivity contribution in [2.45, 2.75) is 13.1 Å². The lowest BCUT2D eigenvalue weighted by Crippen LogP contribution is -2.15. The third kappa shape index (κ3) is 3.10. The number of hydrogen-bond donors (Lipinski definition) is 3. The molecule has 0 atom stereocenters. The summed E-state index contributed by atoms with van der Waals surface area (Å²) in [4.78, 5) is 6.84.